The second-order valence-electron chi connectivity index (χ2n) is 20.8. The molecule has 344 valence electrons. The number of hydrogen-bond acceptors (Lipinski definition) is 2. The third-order valence-electron chi connectivity index (χ3n) is 12.8. The number of ether oxygens (including phenoxy) is 1. The van der Waals surface area contributed by atoms with Crippen molar-refractivity contribution in [3.8, 4) is 50.9 Å². The van der Waals surface area contributed by atoms with E-state index in [2.05, 4.69) is 237 Å². The van der Waals surface area contributed by atoms with Crippen molar-refractivity contribution in [2.75, 3.05) is 0 Å². The molecule has 0 fully saturated rings. The van der Waals surface area contributed by atoms with Crippen LogP contribution in [0.5, 0.6) is 11.5 Å². The minimum absolute atomic E-state index is 0. The van der Waals surface area contributed by atoms with Gasteiger partial charge >= 0.3 is 0 Å². The molecular formula is C61H62N4OPt-2. The van der Waals surface area contributed by atoms with Crippen molar-refractivity contribution in [2.45, 2.75) is 112 Å². The SMILES string of the molecule is CC(C)c1cc(C(C)C)c(-c2cccc(-[n+]3[c-]n(-c4[c-]c(Oc5[c-]c6c(cc5)c5ccccc5n6-c5cc(C(C)(C)C)ccn5)cc(-c5ccccc5)c4)cc3C(C)(C)C)c2)c(C(C)C)c1.[Pt]. The maximum Gasteiger partial charge on any atom is 0.267 e. The third-order valence-corrected chi connectivity index (χ3v) is 12.8. The molecule has 3 aromatic heterocycles. The van der Waals surface area contributed by atoms with E-state index in [0.717, 1.165) is 55.8 Å². The normalized spacial score (nSPS) is 12.2. The number of imidazole rings is 1. The summed E-state index contributed by atoms with van der Waals surface area (Å²) in [6.07, 6.45) is 7.88. The molecule has 6 aromatic carbocycles. The topological polar surface area (TPSA) is 35.9 Å². The Labute approximate surface area is 412 Å². The Morgan fingerprint density at radius 1 is 0.597 bits per heavy atom. The molecule has 0 spiro atoms. The number of para-hydroxylation sites is 1. The second-order valence-corrected chi connectivity index (χ2v) is 20.8. The van der Waals surface area contributed by atoms with Gasteiger partial charge in [0.05, 0.1) is 11.4 Å². The molecule has 0 saturated carbocycles. The number of hydrogen-bond donors (Lipinski definition) is 0. The number of pyridine rings is 1. The van der Waals surface area contributed by atoms with Gasteiger partial charge in [0.15, 0.2) is 0 Å². The fourth-order valence-electron chi connectivity index (χ4n) is 9.12. The van der Waals surface area contributed by atoms with Crippen molar-refractivity contribution < 1.29 is 30.4 Å². The average molecular weight is 1060 g/mol. The van der Waals surface area contributed by atoms with Gasteiger partial charge in [0.1, 0.15) is 5.82 Å². The van der Waals surface area contributed by atoms with Gasteiger partial charge in [-0.25, -0.2) is 4.98 Å². The van der Waals surface area contributed by atoms with Crippen molar-refractivity contribution in [1.29, 1.82) is 0 Å². The summed E-state index contributed by atoms with van der Waals surface area (Å²) in [5.41, 5.74) is 14.8. The minimum atomic E-state index is -0.205. The van der Waals surface area contributed by atoms with Gasteiger partial charge in [-0.2, -0.15) is 12.1 Å². The monoisotopic (exact) mass is 1060 g/mol. The predicted molar refractivity (Wildman–Crippen MR) is 273 cm³/mol. The summed E-state index contributed by atoms with van der Waals surface area (Å²) >= 11 is 0. The van der Waals surface area contributed by atoms with E-state index in [9.17, 15) is 0 Å². The van der Waals surface area contributed by atoms with E-state index in [-0.39, 0.29) is 31.9 Å². The van der Waals surface area contributed by atoms with Crippen LogP contribution in [-0.4, -0.2) is 14.1 Å². The number of aromatic nitrogens is 4. The predicted octanol–water partition coefficient (Wildman–Crippen LogP) is 15.7. The molecule has 0 N–H and O–H groups in total. The first-order valence-electron chi connectivity index (χ1n) is 23.5. The molecule has 0 bridgehead atoms. The van der Waals surface area contributed by atoms with E-state index in [0.29, 0.717) is 29.3 Å². The van der Waals surface area contributed by atoms with E-state index < -0.39 is 0 Å². The maximum absolute atomic E-state index is 6.83. The Morgan fingerprint density at radius 3 is 1.96 bits per heavy atom. The zero-order chi connectivity index (χ0) is 46.7. The number of benzene rings is 6. The maximum atomic E-state index is 6.83. The zero-order valence-corrected chi connectivity index (χ0v) is 43.3. The smallest absolute Gasteiger partial charge is 0.267 e. The standard InChI is InChI=1S/C61H62N4O.Pt/c1-39(2)44-32-53(40(3)4)59(54(33-44)41(5)6)43-21-18-22-47(29-43)64-38-63(37-57(64)61(10,11)12)48-30-45(42-19-14-13-15-20-42)31-50(35-48)66-49-25-26-52-51-23-16-17-24-55(51)65(56(52)36-49)58-34-46(27-28-62-58)60(7,8)9;/h13-34,37,39-41H,1-12H3;/q-2;. The van der Waals surface area contributed by atoms with Crippen LogP contribution in [0, 0.1) is 18.5 Å². The number of nitrogens with zero attached hydrogens (tertiary/aromatic N) is 4. The summed E-state index contributed by atoms with van der Waals surface area (Å²) in [6, 6.07) is 52.8. The van der Waals surface area contributed by atoms with E-state index in [4.69, 9.17) is 9.72 Å². The third kappa shape index (κ3) is 9.46. The number of fused-ring (bicyclic) bond motifs is 3. The molecule has 9 aromatic rings. The summed E-state index contributed by atoms with van der Waals surface area (Å²) in [6.45, 7) is 27.3. The van der Waals surface area contributed by atoms with Crippen LogP contribution in [0.2, 0.25) is 0 Å². The fourth-order valence-corrected chi connectivity index (χ4v) is 9.12. The number of rotatable bonds is 10. The quantitative estimate of drug-likeness (QED) is 0.101. The molecular weight excluding hydrogens is 1000 g/mol. The Morgan fingerprint density at radius 2 is 1.28 bits per heavy atom. The van der Waals surface area contributed by atoms with E-state index >= 15 is 0 Å². The Balaban J connectivity index is 0.00000608. The summed E-state index contributed by atoms with van der Waals surface area (Å²) in [7, 11) is 0. The first kappa shape index (κ1) is 47.5. The van der Waals surface area contributed by atoms with Crippen LogP contribution in [0.3, 0.4) is 0 Å². The molecule has 67 heavy (non-hydrogen) atoms. The molecule has 0 unspecified atom stereocenters. The molecule has 0 saturated heterocycles. The minimum Gasteiger partial charge on any atom is -0.510 e. The summed E-state index contributed by atoms with van der Waals surface area (Å²) in [4.78, 5) is 4.89. The van der Waals surface area contributed by atoms with E-state index in [1.807, 2.05) is 18.3 Å². The molecule has 5 nitrogen and oxygen atoms in total. The molecule has 0 amide bonds. The van der Waals surface area contributed by atoms with Crippen LogP contribution in [-0.2, 0) is 31.9 Å². The van der Waals surface area contributed by atoms with E-state index in [1.165, 1.54) is 33.4 Å². The van der Waals surface area contributed by atoms with E-state index in [1.54, 1.807) is 0 Å². The summed E-state index contributed by atoms with van der Waals surface area (Å²) in [5, 5.41) is 2.22. The molecule has 0 atom stereocenters. The van der Waals surface area contributed by atoms with Crippen molar-refractivity contribution in [3.05, 3.63) is 186 Å². The molecule has 0 radical (unpaired) electrons. The van der Waals surface area contributed by atoms with Gasteiger partial charge in [-0.3, -0.25) is 4.57 Å². The van der Waals surface area contributed by atoms with Crippen LogP contribution in [0.15, 0.2) is 140 Å². The van der Waals surface area contributed by atoms with Crippen molar-refractivity contribution in [2.24, 2.45) is 0 Å². The van der Waals surface area contributed by atoms with Gasteiger partial charge in [0.2, 0.25) is 0 Å². The first-order valence-corrected chi connectivity index (χ1v) is 23.5. The Bertz CT molecular complexity index is 3200. The van der Waals surface area contributed by atoms with Crippen molar-refractivity contribution >= 4 is 21.8 Å². The molecule has 6 heteroatoms. The van der Waals surface area contributed by atoms with Crippen LogP contribution >= 0.6 is 0 Å². The van der Waals surface area contributed by atoms with Crippen molar-refractivity contribution in [1.82, 2.24) is 14.1 Å². The Kier molecular flexibility index (Phi) is 13.2. The van der Waals surface area contributed by atoms with Crippen LogP contribution in [0.25, 0.3) is 61.3 Å². The largest absolute Gasteiger partial charge is 0.510 e. The van der Waals surface area contributed by atoms with Gasteiger partial charge < -0.3 is 13.9 Å². The molecule has 0 aliphatic heterocycles. The van der Waals surface area contributed by atoms with Gasteiger partial charge in [-0.15, -0.1) is 35.2 Å². The zero-order valence-electron chi connectivity index (χ0n) is 41.0. The molecule has 9 rings (SSSR count). The van der Waals surface area contributed by atoms with Gasteiger partial charge in [-0.05, 0) is 109 Å². The summed E-state index contributed by atoms with van der Waals surface area (Å²) in [5.74, 6) is 3.23. The summed E-state index contributed by atoms with van der Waals surface area (Å²) < 4.78 is 13.3. The van der Waals surface area contributed by atoms with Crippen LogP contribution in [0.4, 0.5) is 0 Å². The molecule has 0 aliphatic rings. The molecule has 3 heterocycles. The Hall–Kier alpha value is -6.03. The second kappa shape index (κ2) is 18.6. The van der Waals surface area contributed by atoms with Crippen LogP contribution < -0.4 is 9.30 Å². The first-order chi connectivity index (χ1) is 31.4. The van der Waals surface area contributed by atoms with Crippen LogP contribution in [0.1, 0.15) is 129 Å². The van der Waals surface area contributed by atoms with Crippen molar-refractivity contribution in [3.63, 3.8) is 0 Å². The fraction of sp³-hybridized carbons (Fsp3) is 0.279. The van der Waals surface area contributed by atoms with Gasteiger partial charge in [0, 0.05) is 50.5 Å². The molecule has 0 aliphatic carbocycles. The van der Waals surface area contributed by atoms with Gasteiger partial charge in [0.25, 0.3) is 6.33 Å². The van der Waals surface area contributed by atoms with Gasteiger partial charge in [-0.1, -0.05) is 161 Å². The average Bonchev–Trinajstić information content (AvgIpc) is 3.89.